The Labute approximate surface area is 104 Å². The highest BCUT2D eigenvalue weighted by atomic mass is 19.1. The van der Waals surface area contributed by atoms with Crippen molar-refractivity contribution in [1.82, 2.24) is 9.96 Å². The first-order valence-electron chi connectivity index (χ1n) is 5.76. The monoisotopic (exact) mass is 258 g/mol. The molecule has 6 nitrogen and oxygen atoms in total. The van der Waals surface area contributed by atoms with Crippen LogP contribution in [-0.4, -0.2) is 54.1 Å². The van der Waals surface area contributed by atoms with Crippen molar-refractivity contribution >= 4 is 12.0 Å². The van der Waals surface area contributed by atoms with Crippen molar-refractivity contribution in [2.24, 2.45) is 0 Å². The van der Waals surface area contributed by atoms with Crippen LogP contribution in [0, 0.1) is 0 Å². The molecule has 1 saturated heterocycles. The van der Waals surface area contributed by atoms with E-state index in [4.69, 9.17) is 4.84 Å². The zero-order valence-electron chi connectivity index (χ0n) is 10.3. The first-order valence-corrected chi connectivity index (χ1v) is 5.76. The van der Waals surface area contributed by atoms with Gasteiger partial charge in [0.15, 0.2) is 0 Å². The zero-order chi connectivity index (χ0) is 13.3. The number of carbonyl (C=O) groups is 2. The van der Waals surface area contributed by atoms with Crippen molar-refractivity contribution in [1.29, 1.82) is 0 Å². The number of esters is 1. The van der Waals surface area contributed by atoms with Gasteiger partial charge in [0.05, 0.1) is 12.6 Å². The van der Waals surface area contributed by atoms with Crippen LogP contribution in [-0.2, 0) is 14.4 Å². The van der Waals surface area contributed by atoms with Gasteiger partial charge < -0.3 is 9.64 Å². The molecule has 0 aromatic heterocycles. The van der Waals surface area contributed by atoms with E-state index >= 15 is 0 Å². The minimum Gasteiger partial charge on any atom is -0.462 e. The average molecular weight is 258 g/mol. The van der Waals surface area contributed by atoms with Gasteiger partial charge in [0.25, 0.3) is 0 Å². The van der Waals surface area contributed by atoms with Crippen LogP contribution in [0.4, 0.5) is 9.18 Å². The second-order valence-electron chi connectivity index (χ2n) is 4.24. The van der Waals surface area contributed by atoms with E-state index in [0.29, 0.717) is 13.1 Å². The highest BCUT2D eigenvalue weighted by molar-refractivity contribution is 5.78. The largest absolute Gasteiger partial charge is 0.462 e. The standard InChI is InChI=1S/C11H15FN2O4/c1-3-17-10(15)9(12)18-14-8-4-7(2)5-13(6-8)11(14)16/h4,8-9H,3,5-6H2,1-2H3. The number of hydroxylamine groups is 2. The molecule has 0 aliphatic carbocycles. The summed E-state index contributed by atoms with van der Waals surface area (Å²) in [5.74, 6) is -1.12. The Morgan fingerprint density at radius 1 is 1.67 bits per heavy atom. The Morgan fingerprint density at radius 2 is 2.39 bits per heavy atom. The van der Waals surface area contributed by atoms with E-state index in [1.54, 1.807) is 6.92 Å². The number of urea groups is 1. The van der Waals surface area contributed by atoms with Gasteiger partial charge in [-0.15, -0.1) is 0 Å². The lowest BCUT2D eigenvalue weighted by Gasteiger charge is -2.21. The summed E-state index contributed by atoms with van der Waals surface area (Å²) in [5.41, 5.74) is 1.01. The van der Waals surface area contributed by atoms with Crippen LogP contribution in [0.15, 0.2) is 11.6 Å². The Hall–Kier alpha value is -1.63. The summed E-state index contributed by atoms with van der Waals surface area (Å²) in [6.07, 6.45) is -0.442. The maximum absolute atomic E-state index is 13.4. The van der Waals surface area contributed by atoms with Crippen molar-refractivity contribution in [3.8, 4) is 0 Å². The first kappa shape index (κ1) is 12.8. The molecule has 18 heavy (non-hydrogen) atoms. The smallest absolute Gasteiger partial charge is 0.370 e. The third-order valence-corrected chi connectivity index (χ3v) is 2.76. The van der Waals surface area contributed by atoms with Crippen molar-refractivity contribution in [2.75, 3.05) is 19.7 Å². The molecule has 2 heterocycles. The molecule has 2 atom stereocenters. The summed E-state index contributed by atoms with van der Waals surface area (Å²) in [4.78, 5) is 29.2. The van der Waals surface area contributed by atoms with Gasteiger partial charge in [0.1, 0.15) is 0 Å². The van der Waals surface area contributed by atoms with Crippen LogP contribution < -0.4 is 0 Å². The van der Waals surface area contributed by atoms with Gasteiger partial charge in [0.2, 0.25) is 0 Å². The van der Waals surface area contributed by atoms with Crippen LogP contribution in [0.5, 0.6) is 0 Å². The Bertz CT molecular complexity index is 399. The van der Waals surface area contributed by atoms with E-state index in [9.17, 15) is 14.0 Å². The third-order valence-electron chi connectivity index (χ3n) is 2.76. The lowest BCUT2D eigenvalue weighted by Crippen LogP contribution is -2.38. The van der Waals surface area contributed by atoms with Crippen molar-refractivity contribution in [3.63, 3.8) is 0 Å². The van der Waals surface area contributed by atoms with E-state index in [0.717, 1.165) is 10.6 Å². The summed E-state index contributed by atoms with van der Waals surface area (Å²) in [6.45, 7) is 4.47. The molecule has 100 valence electrons. The summed E-state index contributed by atoms with van der Waals surface area (Å²) in [5, 5.41) is 0.901. The lowest BCUT2D eigenvalue weighted by atomic mass is 10.1. The van der Waals surface area contributed by atoms with Crippen LogP contribution >= 0.6 is 0 Å². The molecule has 0 aromatic rings. The van der Waals surface area contributed by atoms with Crippen LogP contribution in [0.25, 0.3) is 0 Å². The van der Waals surface area contributed by atoms with Crippen LogP contribution in [0.3, 0.4) is 0 Å². The SMILES string of the molecule is CCOC(=O)C(F)ON1C(=O)N2CC(C)=CC1C2. The first-order chi connectivity index (χ1) is 8.52. The molecule has 0 N–H and O–H groups in total. The van der Waals surface area contributed by atoms with E-state index in [1.807, 2.05) is 13.0 Å². The molecule has 0 saturated carbocycles. The predicted octanol–water partition coefficient (Wildman–Crippen LogP) is 0.843. The number of ether oxygens (including phenoxy) is 1. The summed E-state index contributed by atoms with van der Waals surface area (Å²) >= 11 is 0. The Kier molecular flexibility index (Phi) is 3.51. The van der Waals surface area contributed by atoms with Gasteiger partial charge in [-0.05, 0) is 13.8 Å². The lowest BCUT2D eigenvalue weighted by molar-refractivity contribution is -0.223. The molecule has 7 heteroatoms. The molecule has 2 aliphatic rings. The fraction of sp³-hybridized carbons (Fsp3) is 0.636. The molecule has 2 bridgehead atoms. The van der Waals surface area contributed by atoms with Crippen LogP contribution in [0.1, 0.15) is 13.8 Å². The summed E-state index contributed by atoms with van der Waals surface area (Å²) < 4.78 is 17.9. The third kappa shape index (κ3) is 2.31. The maximum atomic E-state index is 13.4. The second-order valence-corrected chi connectivity index (χ2v) is 4.24. The van der Waals surface area contributed by atoms with Crippen molar-refractivity contribution in [3.05, 3.63) is 11.6 Å². The molecule has 1 fully saturated rings. The van der Waals surface area contributed by atoms with Crippen molar-refractivity contribution in [2.45, 2.75) is 26.2 Å². The van der Waals surface area contributed by atoms with E-state index in [-0.39, 0.29) is 12.6 Å². The minimum absolute atomic E-state index is 0.0606. The minimum atomic E-state index is -2.27. The number of hydrogen-bond acceptors (Lipinski definition) is 4. The highest BCUT2D eigenvalue weighted by Gasteiger charge is 2.42. The van der Waals surface area contributed by atoms with Crippen LogP contribution in [0.2, 0.25) is 0 Å². The molecule has 2 rings (SSSR count). The number of hydrogen-bond donors (Lipinski definition) is 0. The van der Waals surface area contributed by atoms with E-state index < -0.39 is 18.4 Å². The number of fused-ring (bicyclic) bond motifs is 2. The second kappa shape index (κ2) is 4.93. The summed E-state index contributed by atoms with van der Waals surface area (Å²) in [7, 11) is 0. The number of halogens is 1. The molecule has 0 aromatic carbocycles. The van der Waals surface area contributed by atoms with Gasteiger partial charge in [-0.3, -0.25) is 0 Å². The Morgan fingerprint density at radius 3 is 3.06 bits per heavy atom. The fourth-order valence-corrected chi connectivity index (χ4v) is 2.07. The molecule has 2 unspecified atom stereocenters. The topological polar surface area (TPSA) is 59.1 Å². The van der Waals surface area contributed by atoms with Gasteiger partial charge >= 0.3 is 18.4 Å². The number of nitrogens with zero attached hydrogens (tertiary/aromatic N) is 2. The summed E-state index contributed by atoms with van der Waals surface area (Å²) in [6, 6.07) is -0.779. The highest BCUT2D eigenvalue weighted by Crippen LogP contribution is 2.25. The maximum Gasteiger partial charge on any atom is 0.370 e. The van der Waals surface area contributed by atoms with Gasteiger partial charge in [-0.2, -0.15) is 5.06 Å². The Balaban J connectivity index is 2.01. The number of amides is 2. The molecule has 0 spiro atoms. The average Bonchev–Trinajstić information content (AvgIpc) is 2.53. The quantitative estimate of drug-likeness (QED) is 0.554. The molecule has 2 aliphatic heterocycles. The van der Waals surface area contributed by atoms with E-state index in [2.05, 4.69) is 4.74 Å². The number of alkyl halides is 1. The van der Waals surface area contributed by atoms with Gasteiger partial charge in [-0.1, -0.05) is 11.6 Å². The molecular formula is C11H15FN2O4. The molecule has 0 radical (unpaired) electrons. The number of rotatable bonds is 4. The molecule has 2 amide bonds. The van der Waals surface area contributed by atoms with Gasteiger partial charge in [-0.25, -0.2) is 18.8 Å². The predicted molar refractivity (Wildman–Crippen MR) is 59.0 cm³/mol. The molecular weight excluding hydrogens is 243 g/mol. The normalized spacial score (nSPS) is 24.1. The fourth-order valence-electron chi connectivity index (χ4n) is 2.07. The van der Waals surface area contributed by atoms with E-state index in [1.165, 1.54) is 4.90 Å². The van der Waals surface area contributed by atoms with Gasteiger partial charge in [0, 0.05) is 13.1 Å². The number of carbonyl (C=O) groups excluding carboxylic acids is 2. The zero-order valence-corrected chi connectivity index (χ0v) is 10.3. The van der Waals surface area contributed by atoms with Crippen molar-refractivity contribution < 1.29 is 23.6 Å².